The second-order valence-electron chi connectivity index (χ2n) is 5.88. The van der Waals surface area contributed by atoms with E-state index in [4.69, 9.17) is 9.15 Å². The van der Waals surface area contributed by atoms with Gasteiger partial charge < -0.3 is 19.4 Å². The highest BCUT2D eigenvalue weighted by atomic mass is 79.9. The molecule has 3 rings (SSSR count). The third-order valence-corrected chi connectivity index (χ3v) is 4.08. The number of hydrogen-bond acceptors (Lipinski definition) is 4. The van der Waals surface area contributed by atoms with Crippen molar-refractivity contribution >= 4 is 39.1 Å². The summed E-state index contributed by atoms with van der Waals surface area (Å²) >= 11 is 3.16. The monoisotopic (exact) mass is 404 g/mol. The lowest BCUT2D eigenvalue weighted by molar-refractivity contribution is -0.125. The Hall–Kier alpha value is -2.54. The van der Waals surface area contributed by atoms with Crippen LogP contribution in [0.1, 0.15) is 24.4 Å². The summed E-state index contributed by atoms with van der Waals surface area (Å²) in [6, 6.07) is 8.37. The van der Waals surface area contributed by atoms with Gasteiger partial charge in [-0.2, -0.15) is 0 Å². The molecule has 2 aromatic rings. The summed E-state index contributed by atoms with van der Waals surface area (Å²) in [5, 5.41) is 2.75. The largest absolute Gasteiger partial charge is 0.479 e. The molecule has 1 N–H and O–H groups in total. The molecule has 1 atom stereocenters. The number of ether oxygens (including phenoxy) is 1. The van der Waals surface area contributed by atoms with Crippen molar-refractivity contribution in [3.05, 3.63) is 52.9 Å². The van der Waals surface area contributed by atoms with Crippen LogP contribution in [0.15, 0.2) is 51.6 Å². The van der Waals surface area contributed by atoms with Gasteiger partial charge in [-0.05, 0) is 54.0 Å². The Morgan fingerprint density at radius 2 is 2.12 bits per heavy atom. The molecule has 0 radical (unpaired) electrons. The molecule has 0 aliphatic carbocycles. The SMILES string of the molecule is C=C(C)CN1C(=O)C(C)Oc2cc(NC(=O)c3ccc(Br)o3)ccc21. The number of anilines is 2. The van der Waals surface area contributed by atoms with E-state index in [2.05, 4.69) is 27.8 Å². The van der Waals surface area contributed by atoms with Gasteiger partial charge in [0.25, 0.3) is 11.8 Å². The van der Waals surface area contributed by atoms with Gasteiger partial charge in [-0.1, -0.05) is 12.2 Å². The Balaban J connectivity index is 1.86. The van der Waals surface area contributed by atoms with Crippen LogP contribution in [-0.4, -0.2) is 24.5 Å². The number of hydrogen-bond donors (Lipinski definition) is 1. The Bertz CT molecular complexity index is 859. The number of benzene rings is 1. The molecule has 130 valence electrons. The molecule has 1 aliphatic heterocycles. The summed E-state index contributed by atoms with van der Waals surface area (Å²) in [6.07, 6.45) is -0.598. The van der Waals surface area contributed by atoms with Crippen molar-refractivity contribution in [2.24, 2.45) is 0 Å². The molecule has 1 aromatic heterocycles. The quantitative estimate of drug-likeness (QED) is 0.782. The van der Waals surface area contributed by atoms with Crippen molar-refractivity contribution in [2.45, 2.75) is 20.0 Å². The van der Waals surface area contributed by atoms with Crippen LogP contribution in [0, 0.1) is 0 Å². The summed E-state index contributed by atoms with van der Waals surface area (Å²) < 4.78 is 11.4. The standard InChI is InChI=1S/C18H17BrN2O4/c1-10(2)9-21-13-5-4-12(8-15(13)24-11(3)18(21)23)20-17(22)14-6-7-16(19)25-14/h4-8,11H,1,9H2,2-3H3,(H,20,22). The minimum absolute atomic E-state index is 0.118. The molecule has 2 heterocycles. The van der Waals surface area contributed by atoms with Crippen LogP contribution in [0.4, 0.5) is 11.4 Å². The summed E-state index contributed by atoms with van der Waals surface area (Å²) in [6.45, 7) is 7.85. The molecule has 0 fully saturated rings. The van der Waals surface area contributed by atoms with Gasteiger partial charge in [0, 0.05) is 18.3 Å². The van der Waals surface area contributed by atoms with Gasteiger partial charge in [-0.15, -0.1) is 0 Å². The lowest BCUT2D eigenvalue weighted by Crippen LogP contribution is -2.45. The van der Waals surface area contributed by atoms with E-state index >= 15 is 0 Å². The predicted molar refractivity (Wildman–Crippen MR) is 98.1 cm³/mol. The molecule has 1 aromatic carbocycles. The van der Waals surface area contributed by atoms with E-state index in [0.29, 0.717) is 28.3 Å². The lowest BCUT2D eigenvalue weighted by Gasteiger charge is -2.33. The van der Waals surface area contributed by atoms with Crippen LogP contribution in [0.3, 0.4) is 0 Å². The highest BCUT2D eigenvalue weighted by Gasteiger charge is 2.31. The third-order valence-electron chi connectivity index (χ3n) is 3.65. The van der Waals surface area contributed by atoms with Gasteiger partial charge in [0.1, 0.15) is 5.75 Å². The number of amides is 2. The van der Waals surface area contributed by atoms with Gasteiger partial charge in [-0.25, -0.2) is 0 Å². The number of carbonyl (C=O) groups is 2. The number of furan rings is 1. The van der Waals surface area contributed by atoms with E-state index in [0.717, 1.165) is 5.57 Å². The Morgan fingerprint density at radius 3 is 2.76 bits per heavy atom. The maximum Gasteiger partial charge on any atom is 0.291 e. The number of halogens is 1. The first-order chi connectivity index (χ1) is 11.8. The lowest BCUT2D eigenvalue weighted by atomic mass is 10.1. The molecule has 0 spiro atoms. The molecule has 0 saturated heterocycles. The van der Waals surface area contributed by atoms with Crippen molar-refractivity contribution in [1.82, 2.24) is 0 Å². The van der Waals surface area contributed by atoms with Crippen LogP contribution in [0.25, 0.3) is 0 Å². The first-order valence-electron chi connectivity index (χ1n) is 7.68. The molecule has 25 heavy (non-hydrogen) atoms. The average Bonchev–Trinajstić information content (AvgIpc) is 2.98. The van der Waals surface area contributed by atoms with E-state index in [-0.39, 0.29) is 17.6 Å². The van der Waals surface area contributed by atoms with Crippen LogP contribution >= 0.6 is 15.9 Å². The maximum atomic E-state index is 12.3. The molecular formula is C18H17BrN2O4. The van der Waals surface area contributed by atoms with Crippen molar-refractivity contribution in [2.75, 3.05) is 16.8 Å². The Kier molecular flexibility index (Phi) is 4.67. The molecule has 0 saturated carbocycles. The number of nitrogens with one attached hydrogen (secondary N) is 1. The molecular weight excluding hydrogens is 388 g/mol. The molecule has 7 heteroatoms. The fourth-order valence-electron chi connectivity index (χ4n) is 2.55. The van der Waals surface area contributed by atoms with E-state index in [1.165, 1.54) is 0 Å². The topological polar surface area (TPSA) is 71.8 Å². The number of nitrogens with zero attached hydrogens (tertiary/aromatic N) is 1. The zero-order chi connectivity index (χ0) is 18.1. The van der Waals surface area contributed by atoms with E-state index in [1.807, 2.05) is 6.92 Å². The highest BCUT2D eigenvalue weighted by Crippen LogP contribution is 2.36. The van der Waals surface area contributed by atoms with Crippen LogP contribution in [0.5, 0.6) is 5.75 Å². The van der Waals surface area contributed by atoms with Crippen LogP contribution < -0.4 is 15.0 Å². The second kappa shape index (κ2) is 6.76. The van der Waals surface area contributed by atoms with Gasteiger partial charge in [-0.3, -0.25) is 9.59 Å². The summed E-state index contributed by atoms with van der Waals surface area (Å²) in [5.74, 6) is 0.238. The molecule has 1 unspecified atom stereocenters. The summed E-state index contributed by atoms with van der Waals surface area (Å²) in [7, 11) is 0. The Labute approximate surface area is 153 Å². The smallest absolute Gasteiger partial charge is 0.291 e. The van der Waals surface area contributed by atoms with Crippen molar-refractivity contribution in [3.63, 3.8) is 0 Å². The molecule has 1 aliphatic rings. The molecule has 0 bridgehead atoms. The highest BCUT2D eigenvalue weighted by molar-refractivity contribution is 9.10. The third kappa shape index (κ3) is 3.61. The van der Waals surface area contributed by atoms with E-state index < -0.39 is 6.10 Å². The summed E-state index contributed by atoms with van der Waals surface area (Å²) in [4.78, 5) is 26.2. The predicted octanol–water partition coefficient (Wildman–Crippen LogP) is 3.98. The van der Waals surface area contributed by atoms with Crippen LogP contribution in [0.2, 0.25) is 0 Å². The van der Waals surface area contributed by atoms with E-state index in [9.17, 15) is 9.59 Å². The van der Waals surface area contributed by atoms with Crippen molar-refractivity contribution in [3.8, 4) is 5.75 Å². The van der Waals surface area contributed by atoms with Gasteiger partial charge >= 0.3 is 0 Å². The molecule has 6 nitrogen and oxygen atoms in total. The number of rotatable bonds is 4. The summed E-state index contributed by atoms with van der Waals surface area (Å²) in [5.41, 5.74) is 2.08. The first kappa shape index (κ1) is 17.3. The zero-order valence-electron chi connectivity index (χ0n) is 13.8. The number of carbonyl (C=O) groups excluding carboxylic acids is 2. The average molecular weight is 405 g/mol. The normalized spacial score (nSPS) is 16.2. The van der Waals surface area contributed by atoms with Gasteiger partial charge in [0.2, 0.25) is 0 Å². The first-order valence-corrected chi connectivity index (χ1v) is 8.47. The maximum absolute atomic E-state index is 12.3. The van der Waals surface area contributed by atoms with Gasteiger partial charge in [0.05, 0.1) is 5.69 Å². The minimum atomic E-state index is -0.598. The second-order valence-corrected chi connectivity index (χ2v) is 6.66. The number of fused-ring (bicyclic) bond motifs is 1. The Morgan fingerprint density at radius 1 is 1.36 bits per heavy atom. The fourth-order valence-corrected chi connectivity index (χ4v) is 2.86. The molecule has 2 amide bonds. The fraction of sp³-hybridized carbons (Fsp3) is 0.222. The zero-order valence-corrected chi connectivity index (χ0v) is 15.4. The van der Waals surface area contributed by atoms with Crippen molar-refractivity contribution in [1.29, 1.82) is 0 Å². The van der Waals surface area contributed by atoms with Gasteiger partial charge in [0.15, 0.2) is 16.5 Å². The van der Waals surface area contributed by atoms with E-state index in [1.54, 1.807) is 42.2 Å². The van der Waals surface area contributed by atoms with Crippen molar-refractivity contribution < 1.29 is 18.7 Å². The van der Waals surface area contributed by atoms with Crippen LogP contribution in [-0.2, 0) is 4.79 Å². The minimum Gasteiger partial charge on any atom is -0.479 e.